The number of hydrogen-bond acceptors (Lipinski definition) is 1. The number of allylic oxidation sites excluding steroid dienone is 1. The van der Waals surface area contributed by atoms with Crippen molar-refractivity contribution in [2.75, 3.05) is 7.05 Å². The summed E-state index contributed by atoms with van der Waals surface area (Å²) in [7, 11) is 1.92. The van der Waals surface area contributed by atoms with E-state index in [1.807, 2.05) is 18.9 Å². The molecule has 0 aromatic carbocycles. The summed E-state index contributed by atoms with van der Waals surface area (Å²) in [6.07, 6.45) is 3.67. The number of amidine groups is 1. The molecule has 2 nitrogen and oxygen atoms in total. The van der Waals surface area contributed by atoms with E-state index in [2.05, 4.69) is 6.58 Å². The molecule has 1 fully saturated rings. The Morgan fingerprint density at radius 1 is 1.55 bits per heavy atom. The van der Waals surface area contributed by atoms with Crippen molar-refractivity contribution in [2.24, 2.45) is 5.92 Å². The molecule has 0 aromatic heterocycles. The van der Waals surface area contributed by atoms with Crippen molar-refractivity contribution < 1.29 is 0 Å². The van der Waals surface area contributed by atoms with E-state index in [0.717, 1.165) is 11.5 Å². The van der Waals surface area contributed by atoms with Crippen LogP contribution < -0.4 is 0 Å². The fourth-order valence-electron chi connectivity index (χ4n) is 1.16. The SMILES string of the molecule is C=C(C)N(C)C(=N)C1CCC1. The Morgan fingerprint density at radius 2 is 2.09 bits per heavy atom. The van der Waals surface area contributed by atoms with Crippen molar-refractivity contribution in [1.29, 1.82) is 5.41 Å². The molecule has 1 N–H and O–H groups in total. The van der Waals surface area contributed by atoms with E-state index in [0.29, 0.717) is 5.92 Å². The third kappa shape index (κ3) is 1.62. The van der Waals surface area contributed by atoms with Crippen molar-refractivity contribution in [2.45, 2.75) is 26.2 Å². The molecule has 1 aliphatic rings. The quantitative estimate of drug-likeness (QED) is 0.477. The van der Waals surface area contributed by atoms with Crippen LogP contribution in [0.25, 0.3) is 0 Å². The third-order valence-electron chi connectivity index (χ3n) is 2.43. The van der Waals surface area contributed by atoms with E-state index < -0.39 is 0 Å². The highest BCUT2D eigenvalue weighted by molar-refractivity contribution is 5.83. The van der Waals surface area contributed by atoms with Gasteiger partial charge in [-0.2, -0.15) is 0 Å². The molecule has 0 spiro atoms. The second kappa shape index (κ2) is 3.07. The number of nitrogens with one attached hydrogen (secondary N) is 1. The topological polar surface area (TPSA) is 27.1 Å². The summed E-state index contributed by atoms with van der Waals surface area (Å²) in [5.74, 6) is 1.25. The average Bonchev–Trinajstić information content (AvgIpc) is 1.82. The molecule has 1 rings (SSSR count). The van der Waals surface area contributed by atoms with Crippen LogP contribution in [0.3, 0.4) is 0 Å². The maximum absolute atomic E-state index is 7.75. The molecule has 11 heavy (non-hydrogen) atoms. The molecule has 0 atom stereocenters. The molecular formula is C9H16N2. The van der Waals surface area contributed by atoms with E-state index in [1.54, 1.807) is 0 Å². The lowest BCUT2D eigenvalue weighted by atomic mass is 9.84. The lowest BCUT2D eigenvalue weighted by Gasteiger charge is -2.32. The summed E-state index contributed by atoms with van der Waals surface area (Å²) >= 11 is 0. The molecular weight excluding hydrogens is 136 g/mol. The standard InChI is InChI=1S/C9H16N2/c1-7(2)11(3)9(10)8-5-4-6-8/h8,10H,1,4-6H2,2-3H3. The van der Waals surface area contributed by atoms with Gasteiger partial charge in [-0.15, -0.1) is 0 Å². The Labute approximate surface area is 68.4 Å². The van der Waals surface area contributed by atoms with Gasteiger partial charge in [-0.05, 0) is 19.8 Å². The van der Waals surface area contributed by atoms with Crippen LogP contribution in [0.1, 0.15) is 26.2 Å². The predicted molar refractivity (Wildman–Crippen MR) is 47.6 cm³/mol. The van der Waals surface area contributed by atoms with Crippen LogP contribution in [-0.4, -0.2) is 17.8 Å². The molecule has 1 saturated carbocycles. The van der Waals surface area contributed by atoms with Gasteiger partial charge >= 0.3 is 0 Å². The molecule has 0 heterocycles. The highest BCUT2D eigenvalue weighted by atomic mass is 15.1. The minimum Gasteiger partial charge on any atom is -0.338 e. The number of hydrogen-bond donors (Lipinski definition) is 1. The molecule has 0 amide bonds. The average molecular weight is 152 g/mol. The number of rotatable bonds is 2. The molecule has 0 radical (unpaired) electrons. The Balaban J connectivity index is 2.45. The monoisotopic (exact) mass is 152 g/mol. The summed E-state index contributed by atoms with van der Waals surface area (Å²) in [5, 5.41) is 7.75. The minimum atomic E-state index is 0.511. The van der Waals surface area contributed by atoms with Gasteiger partial charge in [-0.1, -0.05) is 13.0 Å². The molecule has 2 heteroatoms. The first-order valence-corrected chi connectivity index (χ1v) is 4.10. The van der Waals surface area contributed by atoms with Gasteiger partial charge < -0.3 is 4.90 Å². The molecule has 0 unspecified atom stereocenters. The Hall–Kier alpha value is -0.790. The van der Waals surface area contributed by atoms with Crippen LogP contribution in [0.4, 0.5) is 0 Å². The highest BCUT2D eigenvalue weighted by Gasteiger charge is 2.24. The van der Waals surface area contributed by atoms with Crippen molar-refractivity contribution >= 4 is 5.84 Å². The summed E-state index contributed by atoms with van der Waals surface area (Å²) in [4.78, 5) is 1.88. The van der Waals surface area contributed by atoms with Gasteiger partial charge in [0.15, 0.2) is 0 Å². The van der Waals surface area contributed by atoms with Gasteiger partial charge in [-0.3, -0.25) is 5.41 Å². The van der Waals surface area contributed by atoms with Crippen LogP contribution >= 0.6 is 0 Å². The Kier molecular flexibility index (Phi) is 2.32. The van der Waals surface area contributed by atoms with E-state index >= 15 is 0 Å². The summed E-state index contributed by atoms with van der Waals surface area (Å²) in [5.41, 5.74) is 0.960. The van der Waals surface area contributed by atoms with Gasteiger partial charge in [0.1, 0.15) is 5.84 Å². The van der Waals surface area contributed by atoms with Gasteiger partial charge in [0.25, 0.3) is 0 Å². The molecule has 0 aromatic rings. The molecule has 0 saturated heterocycles. The van der Waals surface area contributed by atoms with Crippen LogP contribution in [-0.2, 0) is 0 Å². The van der Waals surface area contributed by atoms with Crippen molar-refractivity contribution in [3.05, 3.63) is 12.3 Å². The first kappa shape index (κ1) is 8.31. The first-order valence-electron chi connectivity index (χ1n) is 4.10. The second-order valence-electron chi connectivity index (χ2n) is 3.31. The van der Waals surface area contributed by atoms with Crippen LogP contribution in [0, 0.1) is 11.3 Å². The molecule has 0 aliphatic heterocycles. The maximum Gasteiger partial charge on any atom is 0.103 e. The van der Waals surface area contributed by atoms with Crippen LogP contribution in [0.2, 0.25) is 0 Å². The van der Waals surface area contributed by atoms with E-state index in [1.165, 1.54) is 19.3 Å². The van der Waals surface area contributed by atoms with Crippen molar-refractivity contribution in [3.8, 4) is 0 Å². The third-order valence-corrected chi connectivity index (χ3v) is 2.43. The van der Waals surface area contributed by atoms with Gasteiger partial charge in [0, 0.05) is 18.7 Å². The molecule has 62 valence electrons. The highest BCUT2D eigenvalue weighted by Crippen LogP contribution is 2.28. The number of nitrogens with zero attached hydrogens (tertiary/aromatic N) is 1. The Bertz CT molecular complexity index is 180. The zero-order valence-corrected chi connectivity index (χ0v) is 7.35. The van der Waals surface area contributed by atoms with E-state index in [4.69, 9.17) is 5.41 Å². The molecule has 0 bridgehead atoms. The Morgan fingerprint density at radius 3 is 2.36 bits per heavy atom. The van der Waals surface area contributed by atoms with E-state index in [-0.39, 0.29) is 0 Å². The van der Waals surface area contributed by atoms with E-state index in [9.17, 15) is 0 Å². The van der Waals surface area contributed by atoms with Crippen molar-refractivity contribution in [1.82, 2.24) is 4.90 Å². The summed E-state index contributed by atoms with van der Waals surface area (Å²) < 4.78 is 0. The lowest BCUT2D eigenvalue weighted by Crippen LogP contribution is -2.34. The lowest BCUT2D eigenvalue weighted by molar-refractivity contribution is 0.378. The normalized spacial score (nSPS) is 17.3. The summed E-state index contributed by atoms with van der Waals surface area (Å²) in [6.45, 7) is 5.74. The fraction of sp³-hybridized carbons (Fsp3) is 0.667. The largest absolute Gasteiger partial charge is 0.338 e. The molecule has 1 aliphatic carbocycles. The fourth-order valence-corrected chi connectivity index (χ4v) is 1.16. The van der Waals surface area contributed by atoms with Crippen molar-refractivity contribution in [3.63, 3.8) is 0 Å². The van der Waals surface area contributed by atoms with Gasteiger partial charge in [0.2, 0.25) is 0 Å². The first-order chi connectivity index (χ1) is 5.13. The summed E-state index contributed by atoms with van der Waals surface area (Å²) in [6, 6.07) is 0. The van der Waals surface area contributed by atoms with Crippen LogP contribution in [0.15, 0.2) is 12.3 Å². The predicted octanol–water partition coefficient (Wildman–Crippen LogP) is 2.23. The zero-order valence-electron chi connectivity index (χ0n) is 7.35. The van der Waals surface area contributed by atoms with Crippen LogP contribution in [0.5, 0.6) is 0 Å². The maximum atomic E-state index is 7.75. The van der Waals surface area contributed by atoms with Gasteiger partial charge in [-0.25, -0.2) is 0 Å². The zero-order chi connectivity index (χ0) is 8.43. The van der Waals surface area contributed by atoms with Gasteiger partial charge in [0.05, 0.1) is 0 Å². The minimum absolute atomic E-state index is 0.511. The second-order valence-corrected chi connectivity index (χ2v) is 3.31. The smallest absolute Gasteiger partial charge is 0.103 e.